The number of hydrogen-bond donors (Lipinski definition) is 2. The van der Waals surface area contributed by atoms with Crippen LogP contribution in [0.5, 0.6) is 0 Å². The first-order valence-corrected chi connectivity index (χ1v) is 7.49. The summed E-state index contributed by atoms with van der Waals surface area (Å²) < 4.78 is 0. The van der Waals surface area contributed by atoms with Crippen molar-refractivity contribution in [1.82, 2.24) is 5.32 Å². The molecule has 1 amide bonds. The molecule has 0 spiro atoms. The summed E-state index contributed by atoms with van der Waals surface area (Å²) in [5.41, 5.74) is 6.38. The molecule has 18 heavy (non-hydrogen) atoms. The van der Waals surface area contributed by atoms with Crippen molar-refractivity contribution >= 4 is 5.91 Å². The van der Waals surface area contributed by atoms with E-state index < -0.39 is 0 Å². The third-order valence-corrected chi connectivity index (χ3v) is 4.63. The minimum atomic E-state index is 0.247. The molecule has 3 atom stereocenters. The number of rotatable bonds is 3. The van der Waals surface area contributed by atoms with Crippen LogP contribution in [-0.4, -0.2) is 18.0 Å². The minimum Gasteiger partial charge on any atom is -0.353 e. The monoisotopic (exact) mass is 252 g/mol. The molecule has 0 aromatic rings. The summed E-state index contributed by atoms with van der Waals surface area (Å²) in [6.45, 7) is 4.58. The van der Waals surface area contributed by atoms with E-state index in [0.717, 1.165) is 25.7 Å². The fraction of sp³-hybridized carbons (Fsp3) is 0.933. The molecule has 3 unspecified atom stereocenters. The molecule has 3 nitrogen and oxygen atoms in total. The van der Waals surface area contributed by atoms with Gasteiger partial charge in [0.2, 0.25) is 5.91 Å². The fourth-order valence-electron chi connectivity index (χ4n) is 3.63. The summed E-state index contributed by atoms with van der Waals surface area (Å²) in [6.07, 6.45) is 8.72. The summed E-state index contributed by atoms with van der Waals surface area (Å²) in [6, 6.07) is 0.728. The molecule has 0 heterocycles. The standard InChI is InChI=1S/C15H28N2O/c1-15(2)7-6-13(10-15)17-14(18)9-11-4-3-5-12(16)8-11/h11-13H,3-10,16H2,1-2H3,(H,17,18). The molecule has 0 radical (unpaired) electrons. The summed E-state index contributed by atoms with van der Waals surface area (Å²) in [5, 5.41) is 3.22. The Bertz CT molecular complexity index is 295. The SMILES string of the molecule is CC1(C)CCC(NC(=O)CC2CCCC(N)C2)C1. The van der Waals surface area contributed by atoms with Crippen LogP contribution in [-0.2, 0) is 4.79 Å². The van der Waals surface area contributed by atoms with Crippen LogP contribution in [0.15, 0.2) is 0 Å². The van der Waals surface area contributed by atoms with Gasteiger partial charge in [-0.15, -0.1) is 0 Å². The molecule has 0 saturated heterocycles. The summed E-state index contributed by atoms with van der Waals surface area (Å²) in [7, 11) is 0. The lowest BCUT2D eigenvalue weighted by Crippen LogP contribution is -2.36. The maximum Gasteiger partial charge on any atom is 0.220 e. The van der Waals surface area contributed by atoms with Crippen LogP contribution in [0.3, 0.4) is 0 Å². The van der Waals surface area contributed by atoms with E-state index in [0.29, 0.717) is 29.8 Å². The van der Waals surface area contributed by atoms with Crippen LogP contribution < -0.4 is 11.1 Å². The molecule has 0 aromatic carbocycles. The Kier molecular flexibility index (Phi) is 4.31. The van der Waals surface area contributed by atoms with E-state index in [1.54, 1.807) is 0 Å². The van der Waals surface area contributed by atoms with Crippen LogP contribution >= 0.6 is 0 Å². The second kappa shape index (κ2) is 5.60. The van der Waals surface area contributed by atoms with Crippen molar-refractivity contribution in [2.24, 2.45) is 17.1 Å². The zero-order valence-corrected chi connectivity index (χ0v) is 11.9. The number of nitrogens with two attached hydrogens (primary N) is 1. The lowest BCUT2D eigenvalue weighted by Gasteiger charge is -2.26. The molecule has 104 valence electrons. The van der Waals surface area contributed by atoms with Crippen molar-refractivity contribution in [1.29, 1.82) is 0 Å². The molecule has 3 heteroatoms. The first-order valence-electron chi connectivity index (χ1n) is 7.49. The van der Waals surface area contributed by atoms with Gasteiger partial charge in [-0.3, -0.25) is 4.79 Å². The van der Waals surface area contributed by atoms with Crippen molar-refractivity contribution in [2.75, 3.05) is 0 Å². The number of nitrogens with one attached hydrogen (secondary N) is 1. The first-order chi connectivity index (χ1) is 8.44. The van der Waals surface area contributed by atoms with Gasteiger partial charge in [0.1, 0.15) is 0 Å². The molecule has 2 rings (SSSR count). The zero-order valence-electron chi connectivity index (χ0n) is 11.9. The molecular formula is C15H28N2O. The molecule has 2 aliphatic rings. The third-order valence-electron chi connectivity index (χ3n) is 4.63. The van der Waals surface area contributed by atoms with Crippen LogP contribution in [0.25, 0.3) is 0 Å². The fourth-order valence-corrected chi connectivity index (χ4v) is 3.63. The summed E-state index contributed by atoms with van der Waals surface area (Å²) >= 11 is 0. The maximum atomic E-state index is 12.0. The Balaban J connectivity index is 1.72. The van der Waals surface area contributed by atoms with Gasteiger partial charge >= 0.3 is 0 Å². The molecule has 0 bridgehead atoms. The predicted molar refractivity (Wildman–Crippen MR) is 74.1 cm³/mol. The van der Waals surface area contributed by atoms with Gasteiger partial charge in [0.15, 0.2) is 0 Å². The van der Waals surface area contributed by atoms with Crippen molar-refractivity contribution < 1.29 is 4.79 Å². The highest BCUT2D eigenvalue weighted by Crippen LogP contribution is 2.37. The van der Waals surface area contributed by atoms with Crippen LogP contribution in [0, 0.1) is 11.3 Å². The van der Waals surface area contributed by atoms with Gasteiger partial charge in [-0.1, -0.05) is 20.3 Å². The highest BCUT2D eigenvalue weighted by molar-refractivity contribution is 5.76. The number of carbonyl (C=O) groups excluding carboxylic acids is 1. The summed E-state index contributed by atoms with van der Waals surface area (Å²) in [5.74, 6) is 0.764. The average Bonchev–Trinajstić information content (AvgIpc) is 2.57. The van der Waals surface area contributed by atoms with Gasteiger partial charge in [0, 0.05) is 18.5 Å². The van der Waals surface area contributed by atoms with E-state index in [1.807, 2.05) is 0 Å². The molecule has 2 saturated carbocycles. The molecule has 2 fully saturated rings. The molecule has 2 aliphatic carbocycles. The van der Waals surface area contributed by atoms with Gasteiger partial charge in [-0.2, -0.15) is 0 Å². The second-order valence-electron chi connectivity index (χ2n) is 7.17. The molecule has 3 N–H and O–H groups in total. The highest BCUT2D eigenvalue weighted by atomic mass is 16.1. The molecule has 0 aliphatic heterocycles. The van der Waals surface area contributed by atoms with Gasteiger partial charge in [-0.25, -0.2) is 0 Å². The number of amides is 1. The topological polar surface area (TPSA) is 55.1 Å². The smallest absolute Gasteiger partial charge is 0.220 e. The van der Waals surface area contributed by atoms with E-state index in [1.165, 1.54) is 19.3 Å². The second-order valence-corrected chi connectivity index (χ2v) is 7.17. The van der Waals surface area contributed by atoms with Gasteiger partial charge in [-0.05, 0) is 49.9 Å². The normalized spacial score (nSPS) is 35.4. The van der Waals surface area contributed by atoms with Gasteiger partial charge in [0.25, 0.3) is 0 Å². The van der Waals surface area contributed by atoms with E-state index in [2.05, 4.69) is 19.2 Å². The van der Waals surface area contributed by atoms with Crippen molar-refractivity contribution in [3.8, 4) is 0 Å². The minimum absolute atomic E-state index is 0.247. The van der Waals surface area contributed by atoms with E-state index in [9.17, 15) is 4.79 Å². The van der Waals surface area contributed by atoms with E-state index in [4.69, 9.17) is 5.73 Å². The summed E-state index contributed by atoms with van der Waals surface area (Å²) in [4.78, 5) is 12.0. The van der Waals surface area contributed by atoms with Crippen LogP contribution in [0.2, 0.25) is 0 Å². The van der Waals surface area contributed by atoms with Crippen molar-refractivity contribution in [3.63, 3.8) is 0 Å². The predicted octanol–water partition coefficient (Wildman–Crippen LogP) is 2.59. The van der Waals surface area contributed by atoms with Crippen molar-refractivity contribution in [2.45, 2.75) is 77.3 Å². The largest absolute Gasteiger partial charge is 0.353 e. The Hall–Kier alpha value is -0.570. The third kappa shape index (κ3) is 3.98. The lowest BCUT2D eigenvalue weighted by atomic mass is 9.84. The van der Waals surface area contributed by atoms with E-state index in [-0.39, 0.29) is 5.91 Å². The lowest BCUT2D eigenvalue weighted by molar-refractivity contribution is -0.123. The number of hydrogen-bond acceptors (Lipinski definition) is 2. The Morgan fingerprint density at radius 3 is 2.72 bits per heavy atom. The average molecular weight is 252 g/mol. The van der Waals surface area contributed by atoms with Crippen LogP contribution in [0.1, 0.15) is 65.2 Å². The number of carbonyl (C=O) groups is 1. The maximum absolute atomic E-state index is 12.0. The van der Waals surface area contributed by atoms with Gasteiger partial charge < -0.3 is 11.1 Å². The van der Waals surface area contributed by atoms with Crippen molar-refractivity contribution in [3.05, 3.63) is 0 Å². The van der Waals surface area contributed by atoms with Gasteiger partial charge in [0.05, 0.1) is 0 Å². The molecule has 0 aromatic heterocycles. The first kappa shape index (κ1) is 13.9. The highest BCUT2D eigenvalue weighted by Gasteiger charge is 2.32. The van der Waals surface area contributed by atoms with Crippen LogP contribution in [0.4, 0.5) is 0 Å². The molecular weight excluding hydrogens is 224 g/mol. The Labute approximate surface area is 111 Å². The quantitative estimate of drug-likeness (QED) is 0.811. The Morgan fingerprint density at radius 2 is 2.11 bits per heavy atom. The zero-order chi connectivity index (χ0) is 13.2. The van der Waals surface area contributed by atoms with E-state index >= 15 is 0 Å². The Morgan fingerprint density at radius 1 is 1.33 bits per heavy atom.